The average Bonchev–Trinajstić information content (AvgIpc) is 2.89. The van der Waals surface area contributed by atoms with Crippen molar-refractivity contribution in [3.8, 4) is 44.9 Å². The summed E-state index contributed by atoms with van der Waals surface area (Å²) in [5.74, 6) is 1.90. The minimum absolute atomic E-state index is 0.0848. The molecule has 0 bridgehead atoms. The number of hydrogen-bond acceptors (Lipinski definition) is 1. The first-order valence-electron chi connectivity index (χ1n) is 11.8. The molecular formula is C33H26O. The molecule has 164 valence electrons. The Morgan fingerprint density at radius 3 is 1.47 bits per heavy atom. The molecule has 1 nitrogen and oxygen atoms in total. The predicted molar refractivity (Wildman–Crippen MR) is 141 cm³/mol. The fourth-order valence-electron chi connectivity index (χ4n) is 4.98. The monoisotopic (exact) mass is 438 g/mol. The lowest BCUT2D eigenvalue weighted by molar-refractivity contribution is 0.418. The average molecular weight is 439 g/mol. The number of hydrogen-bond donors (Lipinski definition) is 0. The highest BCUT2D eigenvalue weighted by Crippen LogP contribution is 2.48. The molecule has 1 aliphatic heterocycles. The van der Waals surface area contributed by atoms with Crippen molar-refractivity contribution < 1.29 is 4.74 Å². The minimum atomic E-state index is -0.0848. The van der Waals surface area contributed by atoms with Gasteiger partial charge in [0.1, 0.15) is 11.5 Å². The van der Waals surface area contributed by atoms with Crippen molar-refractivity contribution in [1.29, 1.82) is 0 Å². The predicted octanol–water partition coefficient (Wildman–Crippen LogP) is 9.12. The van der Waals surface area contributed by atoms with Gasteiger partial charge in [-0.05, 0) is 45.5 Å². The lowest BCUT2D eigenvalue weighted by Crippen LogP contribution is -2.24. The largest absolute Gasteiger partial charge is 0.457 e. The van der Waals surface area contributed by atoms with Gasteiger partial charge in [0.2, 0.25) is 0 Å². The minimum Gasteiger partial charge on any atom is -0.457 e. The quantitative estimate of drug-likeness (QED) is 0.273. The number of para-hydroxylation sites is 1. The molecule has 0 unspecified atom stereocenters. The van der Waals surface area contributed by atoms with Gasteiger partial charge in [0, 0.05) is 16.5 Å². The zero-order valence-electron chi connectivity index (χ0n) is 19.5. The van der Waals surface area contributed by atoms with Crippen LogP contribution in [0.5, 0.6) is 11.5 Å². The zero-order valence-corrected chi connectivity index (χ0v) is 19.5. The molecule has 0 radical (unpaired) electrons. The van der Waals surface area contributed by atoms with E-state index in [4.69, 9.17) is 4.74 Å². The Kier molecular flexibility index (Phi) is 4.85. The molecule has 0 aliphatic carbocycles. The van der Waals surface area contributed by atoms with Crippen LogP contribution in [0.1, 0.15) is 25.0 Å². The Morgan fingerprint density at radius 1 is 0.412 bits per heavy atom. The first-order valence-corrected chi connectivity index (χ1v) is 11.8. The van der Waals surface area contributed by atoms with Crippen molar-refractivity contribution in [3.05, 3.63) is 132 Å². The van der Waals surface area contributed by atoms with Crippen LogP contribution < -0.4 is 4.74 Å². The summed E-state index contributed by atoms with van der Waals surface area (Å²) >= 11 is 0. The highest BCUT2D eigenvalue weighted by Gasteiger charge is 2.33. The molecule has 1 aliphatic rings. The molecule has 6 rings (SSSR count). The molecule has 0 fully saturated rings. The van der Waals surface area contributed by atoms with Crippen molar-refractivity contribution in [2.45, 2.75) is 19.3 Å². The van der Waals surface area contributed by atoms with E-state index in [9.17, 15) is 0 Å². The van der Waals surface area contributed by atoms with Crippen molar-refractivity contribution in [2.75, 3.05) is 0 Å². The molecule has 0 N–H and O–H groups in total. The third-order valence-electron chi connectivity index (χ3n) is 6.98. The SMILES string of the molecule is CC1(C)c2ccccc2Oc2cc(-c3ccc(-c4ccc(-c5ccccc5)cc4)cc3)ccc21. The maximum absolute atomic E-state index is 6.32. The van der Waals surface area contributed by atoms with Crippen LogP contribution in [0.3, 0.4) is 0 Å². The van der Waals surface area contributed by atoms with E-state index < -0.39 is 0 Å². The number of ether oxygens (including phenoxy) is 1. The Morgan fingerprint density at radius 2 is 0.853 bits per heavy atom. The van der Waals surface area contributed by atoms with Gasteiger partial charge in [-0.25, -0.2) is 0 Å². The molecule has 5 aromatic carbocycles. The standard InChI is InChI=1S/C33H26O/c1-33(2)29-10-6-7-11-31(29)34-32-22-28(20-21-30(32)33)27-18-16-26(17-19-27)25-14-12-24(13-15-25)23-8-4-3-5-9-23/h3-22H,1-2H3. The van der Waals surface area contributed by atoms with Crippen molar-refractivity contribution in [3.63, 3.8) is 0 Å². The first kappa shape index (κ1) is 20.5. The smallest absolute Gasteiger partial charge is 0.132 e. The molecule has 0 spiro atoms. The summed E-state index contributed by atoms with van der Waals surface area (Å²) in [6.45, 7) is 4.54. The maximum Gasteiger partial charge on any atom is 0.132 e. The van der Waals surface area contributed by atoms with Gasteiger partial charge < -0.3 is 4.74 Å². The Bertz CT molecular complexity index is 1460. The molecule has 5 aromatic rings. The lowest BCUT2D eigenvalue weighted by atomic mass is 9.75. The second-order valence-corrected chi connectivity index (χ2v) is 9.45. The Labute approximate surface area is 201 Å². The van der Waals surface area contributed by atoms with E-state index in [0.29, 0.717) is 0 Å². The van der Waals surface area contributed by atoms with Crippen molar-refractivity contribution in [1.82, 2.24) is 0 Å². The molecule has 34 heavy (non-hydrogen) atoms. The van der Waals surface area contributed by atoms with Gasteiger partial charge >= 0.3 is 0 Å². The summed E-state index contributed by atoms with van der Waals surface area (Å²) in [6, 6.07) is 43.0. The van der Waals surface area contributed by atoms with Crippen LogP contribution in [0.25, 0.3) is 33.4 Å². The van der Waals surface area contributed by atoms with E-state index in [1.165, 1.54) is 44.5 Å². The van der Waals surface area contributed by atoms with Gasteiger partial charge in [-0.1, -0.05) is 123 Å². The van der Waals surface area contributed by atoms with Crippen molar-refractivity contribution >= 4 is 0 Å². The highest BCUT2D eigenvalue weighted by atomic mass is 16.5. The summed E-state index contributed by atoms with van der Waals surface area (Å²) in [7, 11) is 0. The Balaban J connectivity index is 1.28. The van der Waals surface area contributed by atoms with Gasteiger partial charge in [-0.2, -0.15) is 0 Å². The normalized spacial score (nSPS) is 13.5. The molecule has 0 amide bonds. The highest BCUT2D eigenvalue weighted by molar-refractivity contribution is 5.74. The summed E-state index contributed by atoms with van der Waals surface area (Å²) in [5.41, 5.74) is 9.64. The van der Waals surface area contributed by atoms with Crippen LogP contribution in [-0.4, -0.2) is 0 Å². The third-order valence-corrected chi connectivity index (χ3v) is 6.98. The van der Waals surface area contributed by atoms with E-state index in [1.54, 1.807) is 0 Å². The molecule has 0 saturated carbocycles. The van der Waals surface area contributed by atoms with Gasteiger partial charge in [0.05, 0.1) is 0 Å². The van der Waals surface area contributed by atoms with Gasteiger partial charge in [-0.15, -0.1) is 0 Å². The van der Waals surface area contributed by atoms with E-state index >= 15 is 0 Å². The summed E-state index contributed by atoms with van der Waals surface area (Å²) < 4.78 is 6.32. The van der Waals surface area contributed by atoms with Gasteiger partial charge in [0.25, 0.3) is 0 Å². The molecule has 0 aromatic heterocycles. The van der Waals surface area contributed by atoms with E-state index in [0.717, 1.165) is 11.5 Å². The third kappa shape index (κ3) is 3.50. The number of benzene rings is 5. The molecular weight excluding hydrogens is 412 g/mol. The second-order valence-electron chi connectivity index (χ2n) is 9.45. The van der Waals surface area contributed by atoms with Crippen LogP contribution in [0, 0.1) is 0 Å². The van der Waals surface area contributed by atoms with Crippen LogP contribution in [0.15, 0.2) is 121 Å². The fraction of sp³-hybridized carbons (Fsp3) is 0.0909. The molecule has 1 heteroatoms. The first-order chi connectivity index (χ1) is 16.6. The molecule has 0 atom stereocenters. The lowest BCUT2D eigenvalue weighted by Gasteiger charge is -2.34. The second kappa shape index (κ2) is 8.04. The Hall–Kier alpha value is -4.10. The van der Waals surface area contributed by atoms with Crippen LogP contribution in [0.4, 0.5) is 0 Å². The van der Waals surface area contributed by atoms with Gasteiger partial charge in [0.15, 0.2) is 0 Å². The fourth-order valence-corrected chi connectivity index (χ4v) is 4.98. The molecule has 1 heterocycles. The maximum atomic E-state index is 6.32. The summed E-state index contributed by atoms with van der Waals surface area (Å²) in [5, 5.41) is 0. The van der Waals surface area contributed by atoms with Crippen LogP contribution in [-0.2, 0) is 5.41 Å². The number of fused-ring (bicyclic) bond motifs is 2. The zero-order chi connectivity index (χ0) is 23.1. The van der Waals surface area contributed by atoms with Gasteiger partial charge in [-0.3, -0.25) is 0 Å². The van der Waals surface area contributed by atoms with E-state index in [-0.39, 0.29) is 5.41 Å². The molecule has 0 saturated heterocycles. The number of rotatable bonds is 3. The summed E-state index contributed by atoms with van der Waals surface area (Å²) in [4.78, 5) is 0. The van der Waals surface area contributed by atoms with Crippen molar-refractivity contribution in [2.24, 2.45) is 0 Å². The van der Waals surface area contributed by atoms with Crippen LogP contribution >= 0.6 is 0 Å². The summed E-state index contributed by atoms with van der Waals surface area (Å²) in [6.07, 6.45) is 0. The topological polar surface area (TPSA) is 9.23 Å². The van der Waals surface area contributed by atoms with E-state index in [1.807, 2.05) is 12.1 Å². The van der Waals surface area contributed by atoms with E-state index in [2.05, 4.69) is 123 Å². The van der Waals surface area contributed by atoms with Crippen LogP contribution in [0.2, 0.25) is 0 Å².